The van der Waals surface area contributed by atoms with Crippen molar-refractivity contribution in [2.75, 3.05) is 0 Å². The predicted molar refractivity (Wildman–Crippen MR) is 88.3 cm³/mol. The van der Waals surface area contributed by atoms with Crippen LogP contribution in [0.3, 0.4) is 0 Å². The molecule has 1 fully saturated rings. The van der Waals surface area contributed by atoms with Crippen molar-refractivity contribution in [1.82, 2.24) is 5.32 Å². The number of ether oxygens (including phenoxy) is 3. The van der Waals surface area contributed by atoms with Gasteiger partial charge in [-0.05, 0) is 19.4 Å². The summed E-state index contributed by atoms with van der Waals surface area (Å²) in [5, 5.41) is 1.99. The van der Waals surface area contributed by atoms with Gasteiger partial charge in [-0.15, -0.1) is 0 Å². The van der Waals surface area contributed by atoms with Crippen molar-refractivity contribution >= 4 is 11.9 Å². The summed E-state index contributed by atoms with van der Waals surface area (Å²) in [6.45, 7) is 4.29. The number of carbonyl (C=O) groups excluding carboxylic acids is 2. The molecule has 1 N–H and O–H groups in total. The van der Waals surface area contributed by atoms with Crippen LogP contribution in [0.25, 0.3) is 0 Å². The van der Waals surface area contributed by atoms with E-state index in [4.69, 9.17) is 14.2 Å². The highest BCUT2D eigenvalue weighted by Gasteiger charge is 2.51. The lowest BCUT2D eigenvalue weighted by molar-refractivity contribution is -0.247. The molecular weight excluding hydrogens is 367 g/mol. The fourth-order valence-corrected chi connectivity index (χ4v) is 3.13. The molecule has 0 bridgehead atoms. The number of esters is 1. The third-order valence-corrected chi connectivity index (χ3v) is 4.24. The molecule has 4 atom stereocenters. The van der Waals surface area contributed by atoms with Gasteiger partial charge >= 0.3 is 18.1 Å². The topological polar surface area (TPSA) is 73.9 Å². The lowest BCUT2D eigenvalue weighted by atomic mass is 9.84. The lowest BCUT2D eigenvalue weighted by Crippen LogP contribution is -2.66. The van der Waals surface area contributed by atoms with Crippen LogP contribution in [-0.2, 0) is 30.4 Å². The Morgan fingerprint density at radius 1 is 1.30 bits per heavy atom. The molecule has 1 saturated heterocycles. The van der Waals surface area contributed by atoms with Crippen molar-refractivity contribution in [2.24, 2.45) is 0 Å². The SMILES string of the molecule is CC(=O)OC1C[C@](C)(NC(=O)C(F)(F)F)[C@H](OCc2ccccc2)[C@H](C)O1. The van der Waals surface area contributed by atoms with Gasteiger partial charge in [0, 0.05) is 13.3 Å². The van der Waals surface area contributed by atoms with Crippen LogP contribution in [0, 0.1) is 0 Å². The van der Waals surface area contributed by atoms with Crippen molar-refractivity contribution in [3.8, 4) is 0 Å². The summed E-state index contributed by atoms with van der Waals surface area (Å²) in [5.41, 5.74) is -0.643. The Hall–Kier alpha value is -2.13. The smallest absolute Gasteiger partial charge is 0.436 e. The Kier molecular flexibility index (Phi) is 6.48. The first-order valence-electron chi connectivity index (χ1n) is 8.39. The predicted octanol–water partition coefficient (Wildman–Crippen LogP) is 2.71. The highest BCUT2D eigenvalue weighted by molar-refractivity contribution is 5.82. The van der Waals surface area contributed by atoms with Crippen LogP contribution in [0.1, 0.15) is 32.8 Å². The van der Waals surface area contributed by atoms with E-state index in [-0.39, 0.29) is 13.0 Å². The Morgan fingerprint density at radius 3 is 2.48 bits per heavy atom. The van der Waals surface area contributed by atoms with E-state index in [0.29, 0.717) is 0 Å². The number of alkyl halides is 3. The van der Waals surface area contributed by atoms with E-state index >= 15 is 0 Å². The number of hydrogen-bond acceptors (Lipinski definition) is 5. The Labute approximate surface area is 155 Å². The third-order valence-electron chi connectivity index (χ3n) is 4.24. The maximum Gasteiger partial charge on any atom is 0.471 e. The fourth-order valence-electron chi connectivity index (χ4n) is 3.13. The molecule has 9 heteroatoms. The second-order valence-electron chi connectivity index (χ2n) is 6.67. The second kappa shape index (κ2) is 8.26. The molecule has 0 saturated carbocycles. The minimum absolute atomic E-state index is 0.120. The Balaban J connectivity index is 2.21. The van der Waals surface area contributed by atoms with Crippen LogP contribution in [-0.4, -0.2) is 42.1 Å². The molecule has 2 rings (SSSR count). The maximum atomic E-state index is 12.8. The molecule has 1 amide bonds. The summed E-state index contributed by atoms with van der Waals surface area (Å²) in [6.07, 6.45) is -7.95. The standard InChI is InChI=1S/C18H22F3NO5/c1-11-15(25-10-13-7-5-4-6-8-13)17(3,22-16(24)18(19,20)21)9-14(26-11)27-12(2)23/h4-8,11,14-15H,9-10H2,1-3H3,(H,22,24)/t11-,14?,15+,17-/m0/s1. The first kappa shape index (κ1) is 21.2. The van der Waals surface area contributed by atoms with E-state index in [1.165, 1.54) is 6.92 Å². The molecule has 1 aromatic rings. The summed E-state index contributed by atoms with van der Waals surface area (Å²) >= 11 is 0. The van der Waals surface area contributed by atoms with Gasteiger partial charge in [-0.2, -0.15) is 13.2 Å². The maximum absolute atomic E-state index is 12.8. The summed E-state index contributed by atoms with van der Waals surface area (Å²) < 4.78 is 54.7. The van der Waals surface area contributed by atoms with E-state index in [1.807, 2.05) is 23.5 Å². The molecule has 6 nitrogen and oxygen atoms in total. The van der Waals surface area contributed by atoms with Crippen LogP contribution in [0.4, 0.5) is 13.2 Å². The minimum atomic E-state index is -5.05. The Bertz CT molecular complexity index is 667. The van der Waals surface area contributed by atoms with Crippen molar-refractivity contribution in [2.45, 2.75) is 64.0 Å². The second-order valence-corrected chi connectivity index (χ2v) is 6.67. The van der Waals surface area contributed by atoms with Crippen molar-refractivity contribution in [3.63, 3.8) is 0 Å². The van der Waals surface area contributed by atoms with Crippen LogP contribution in [0.5, 0.6) is 0 Å². The van der Waals surface area contributed by atoms with Gasteiger partial charge in [0.25, 0.3) is 0 Å². The first-order chi connectivity index (χ1) is 12.5. The first-order valence-corrected chi connectivity index (χ1v) is 8.39. The molecule has 0 radical (unpaired) electrons. The van der Waals surface area contributed by atoms with Crippen LogP contribution in [0.15, 0.2) is 30.3 Å². The van der Waals surface area contributed by atoms with E-state index in [9.17, 15) is 22.8 Å². The molecule has 1 unspecified atom stereocenters. The number of nitrogens with one attached hydrogen (secondary N) is 1. The number of carbonyl (C=O) groups is 2. The zero-order valence-electron chi connectivity index (χ0n) is 15.2. The third kappa shape index (κ3) is 5.67. The van der Waals surface area contributed by atoms with Crippen molar-refractivity contribution in [3.05, 3.63) is 35.9 Å². The minimum Gasteiger partial charge on any atom is -0.436 e. The summed E-state index contributed by atoms with van der Waals surface area (Å²) in [4.78, 5) is 22.8. The summed E-state index contributed by atoms with van der Waals surface area (Å²) in [6, 6.07) is 9.05. The largest absolute Gasteiger partial charge is 0.471 e. The summed E-state index contributed by atoms with van der Waals surface area (Å²) in [5.74, 6) is -2.73. The van der Waals surface area contributed by atoms with Crippen molar-refractivity contribution in [1.29, 1.82) is 0 Å². The van der Waals surface area contributed by atoms with Crippen molar-refractivity contribution < 1.29 is 37.0 Å². The molecule has 150 valence electrons. The van der Waals surface area contributed by atoms with Crippen LogP contribution in [0.2, 0.25) is 0 Å². The van der Waals surface area contributed by atoms with E-state index in [0.717, 1.165) is 12.5 Å². The summed E-state index contributed by atoms with van der Waals surface area (Å²) in [7, 11) is 0. The molecule has 27 heavy (non-hydrogen) atoms. The average Bonchev–Trinajstić information content (AvgIpc) is 2.53. The quantitative estimate of drug-likeness (QED) is 0.784. The number of rotatable bonds is 5. The van der Waals surface area contributed by atoms with Gasteiger partial charge in [-0.1, -0.05) is 30.3 Å². The van der Waals surface area contributed by atoms with Gasteiger partial charge in [0.15, 0.2) is 0 Å². The molecule has 0 aromatic heterocycles. The zero-order valence-corrected chi connectivity index (χ0v) is 15.2. The molecule has 0 aliphatic carbocycles. The lowest BCUT2D eigenvalue weighted by Gasteiger charge is -2.47. The molecular formula is C18H22F3NO5. The number of amides is 1. The average molecular weight is 389 g/mol. The molecule has 1 aliphatic heterocycles. The highest BCUT2D eigenvalue weighted by atomic mass is 19.4. The van der Waals surface area contributed by atoms with E-state index < -0.39 is 42.1 Å². The van der Waals surface area contributed by atoms with Gasteiger partial charge in [-0.25, -0.2) is 0 Å². The fraction of sp³-hybridized carbons (Fsp3) is 0.556. The monoisotopic (exact) mass is 389 g/mol. The van der Waals surface area contributed by atoms with Gasteiger partial charge in [0.1, 0.15) is 6.10 Å². The highest BCUT2D eigenvalue weighted by Crippen LogP contribution is 2.33. The molecule has 1 aliphatic rings. The molecule has 0 spiro atoms. The normalized spacial score (nSPS) is 28.4. The van der Waals surface area contributed by atoms with Gasteiger partial charge in [0.2, 0.25) is 6.29 Å². The Morgan fingerprint density at radius 2 is 1.93 bits per heavy atom. The van der Waals surface area contributed by atoms with Gasteiger partial charge in [0.05, 0.1) is 18.2 Å². The number of benzene rings is 1. The van der Waals surface area contributed by atoms with Crippen LogP contribution < -0.4 is 5.32 Å². The van der Waals surface area contributed by atoms with Gasteiger partial charge in [-0.3, -0.25) is 9.59 Å². The zero-order chi connectivity index (χ0) is 20.2. The number of halogens is 3. The molecule has 1 aromatic carbocycles. The van der Waals surface area contributed by atoms with E-state index in [2.05, 4.69) is 0 Å². The van der Waals surface area contributed by atoms with Crippen LogP contribution >= 0.6 is 0 Å². The number of hydrogen-bond donors (Lipinski definition) is 1. The molecule has 1 heterocycles. The van der Waals surface area contributed by atoms with Gasteiger partial charge < -0.3 is 19.5 Å². The van der Waals surface area contributed by atoms with E-state index in [1.54, 1.807) is 19.1 Å².